The number of amides is 1. The summed E-state index contributed by atoms with van der Waals surface area (Å²) in [5.41, 5.74) is 0. The molecule has 2 aliphatic rings. The number of nitrogens with zero attached hydrogens (tertiary/aromatic N) is 1. The maximum absolute atomic E-state index is 12.1. The fraction of sp³-hybridized carbons (Fsp3) is 0.909. The SMILES string of the molecule is CC1CCC(C)N1C(=O)[C@@H]1CCCN1.Cl. The second-order valence-corrected chi connectivity index (χ2v) is 4.67. The van der Waals surface area contributed by atoms with E-state index in [2.05, 4.69) is 24.1 Å². The second-order valence-electron chi connectivity index (χ2n) is 4.67. The molecule has 0 aliphatic carbocycles. The molecular weight excluding hydrogens is 212 g/mol. The van der Waals surface area contributed by atoms with Crippen LogP contribution in [-0.2, 0) is 4.79 Å². The molecule has 2 heterocycles. The number of halogens is 1. The molecule has 3 atom stereocenters. The number of nitrogens with one attached hydrogen (secondary N) is 1. The largest absolute Gasteiger partial charge is 0.336 e. The van der Waals surface area contributed by atoms with Crippen molar-refractivity contribution in [3.63, 3.8) is 0 Å². The molecule has 2 unspecified atom stereocenters. The summed E-state index contributed by atoms with van der Waals surface area (Å²) < 4.78 is 0. The lowest BCUT2D eigenvalue weighted by Crippen LogP contribution is -2.47. The molecule has 15 heavy (non-hydrogen) atoms. The van der Waals surface area contributed by atoms with Crippen LogP contribution in [0.25, 0.3) is 0 Å². The average Bonchev–Trinajstić information content (AvgIpc) is 2.75. The van der Waals surface area contributed by atoms with Crippen molar-refractivity contribution in [2.45, 2.75) is 57.7 Å². The van der Waals surface area contributed by atoms with E-state index < -0.39 is 0 Å². The molecule has 1 amide bonds. The van der Waals surface area contributed by atoms with Gasteiger partial charge in [-0.05, 0) is 46.1 Å². The lowest BCUT2D eigenvalue weighted by atomic mass is 10.2. The van der Waals surface area contributed by atoms with E-state index in [9.17, 15) is 4.79 Å². The van der Waals surface area contributed by atoms with Gasteiger partial charge >= 0.3 is 0 Å². The minimum atomic E-state index is 0. The van der Waals surface area contributed by atoms with Crippen LogP contribution in [-0.4, -0.2) is 35.5 Å². The molecule has 1 N–H and O–H groups in total. The van der Waals surface area contributed by atoms with Crippen LogP contribution in [0.3, 0.4) is 0 Å². The standard InChI is InChI=1S/C11H20N2O.ClH/c1-8-5-6-9(2)13(8)11(14)10-4-3-7-12-10;/h8-10,12H,3-7H2,1-2H3;1H/t8?,9?,10-;/m0./s1. The van der Waals surface area contributed by atoms with Gasteiger partial charge in [-0.25, -0.2) is 0 Å². The zero-order valence-corrected chi connectivity index (χ0v) is 10.3. The van der Waals surface area contributed by atoms with Crippen molar-refractivity contribution in [1.82, 2.24) is 10.2 Å². The highest BCUT2D eigenvalue weighted by molar-refractivity contribution is 5.85. The molecule has 0 aromatic heterocycles. The van der Waals surface area contributed by atoms with Crippen molar-refractivity contribution in [3.8, 4) is 0 Å². The van der Waals surface area contributed by atoms with Crippen LogP contribution in [0.2, 0.25) is 0 Å². The molecule has 4 heteroatoms. The van der Waals surface area contributed by atoms with Gasteiger partial charge in [-0.15, -0.1) is 12.4 Å². The molecule has 0 spiro atoms. The second kappa shape index (κ2) is 5.17. The molecule has 0 aromatic rings. The van der Waals surface area contributed by atoms with Gasteiger partial charge in [-0.1, -0.05) is 0 Å². The average molecular weight is 233 g/mol. The van der Waals surface area contributed by atoms with Crippen LogP contribution in [0.15, 0.2) is 0 Å². The Morgan fingerprint density at radius 1 is 1.20 bits per heavy atom. The molecule has 0 saturated carbocycles. The van der Waals surface area contributed by atoms with Gasteiger partial charge in [0.15, 0.2) is 0 Å². The highest BCUT2D eigenvalue weighted by Gasteiger charge is 2.35. The first-order valence-electron chi connectivity index (χ1n) is 5.75. The fourth-order valence-electron chi connectivity index (χ4n) is 2.70. The Kier molecular flexibility index (Phi) is 4.41. The van der Waals surface area contributed by atoms with Gasteiger partial charge < -0.3 is 10.2 Å². The number of carbonyl (C=O) groups is 1. The van der Waals surface area contributed by atoms with Gasteiger partial charge in [0.05, 0.1) is 6.04 Å². The van der Waals surface area contributed by atoms with Crippen molar-refractivity contribution in [1.29, 1.82) is 0 Å². The topological polar surface area (TPSA) is 32.3 Å². The molecule has 2 saturated heterocycles. The quantitative estimate of drug-likeness (QED) is 0.744. The van der Waals surface area contributed by atoms with E-state index in [0.717, 1.165) is 19.4 Å². The van der Waals surface area contributed by atoms with Gasteiger partial charge in [0.25, 0.3) is 0 Å². The Labute approximate surface area is 98.0 Å². The molecule has 2 fully saturated rings. The van der Waals surface area contributed by atoms with Crippen molar-refractivity contribution in [2.24, 2.45) is 0 Å². The predicted molar refractivity (Wildman–Crippen MR) is 63.3 cm³/mol. The molecule has 88 valence electrons. The summed E-state index contributed by atoms with van der Waals surface area (Å²) >= 11 is 0. The lowest BCUT2D eigenvalue weighted by Gasteiger charge is -2.29. The number of hydrogen-bond donors (Lipinski definition) is 1. The van der Waals surface area contributed by atoms with Gasteiger partial charge in [0.2, 0.25) is 5.91 Å². The predicted octanol–water partition coefficient (Wildman–Crippen LogP) is 1.56. The fourth-order valence-corrected chi connectivity index (χ4v) is 2.70. The van der Waals surface area contributed by atoms with Crippen LogP contribution in [0, 0.1) is 0 Å². The number of likely N-dealkylation sites (tertiary alicyclic amines) is 1. The van der Waals surface area contributed by atoms with E-state index in [4.69, 9.17) is 0 Å². The summed E-state index contributed by atoms with van der Waals surface area (Å²) in [5, 5.41) is 3.28. The Morgan fingerprint density at radius 3 is 2.27 bits per heavy atom. The minimum absolute atomic E-state index is 0. The summed E-state index contributed by atoms with van der Waals surface area (Å²) in [6, 6.07) is 0.998. The molecule has 0 bridgehead atoms. The van der Waals surface area contributed by atoms with Crippen molar-refractivity contribution >= 4 is 18.3 Å². The summed E-state index contributed by atoms with van der Waals surface area (Å²) in [6.45, 7) is 5.33. The van der Waals surface area contributed by atoms with Crippen LogP contribution in [0.4, 0.5) is 0 Å². The van der Waals surface area contributed by atoms with E-state index in [-0.39, 0.29) is 18.4 Å². The maximum Gasteiger partial charge on any atom is 0.240 e. The van der Waals surface area contributed by atoms with E-state index in [1.54, 1.807) is 0 Å². The zero-order valence-electron chi connectivity index (χ0n) is 9.53. The first-order valence-corrected chi connectivity index (χ1v) is 5.75. The van der Waals surface area contributed by atoms with Gasteiger partial charge in [0, 0.05) is 12.1 Å². The van der Waals surface area contributed by atoms with E-state index in [1.165, 1.54) is 12.8 Å². The van der Waals surface area contributed by atoms with Crippen LogP contribution >= 0.6 is 12.4 Å². The Balaban J connectivity index is 0.00000112. The van der Waals surface area contributed by atoms with Crippen LogP contribution in [0.5, 0.6) is 0 Å². The normalized spacial score (nSPS) is 35.3. The third-order valence-electron chi connectivity index (χ3n) is 3.56. The van der Waals surface area contributed by atoms with E-state index in [1.807, 2.05) is 0 Å². The zero-order chi connectivity index (χ0) is 10.1. The Morgan fingerprint density at radius 2 is 1.80 bits per heavy atom. The molecule has 2 rings (SSSR count). The Bertz CT molecular complexity index is 219. The van der Waals surface area contributed by atoms with E-state index in [0.29, 0.717) is 18.0 Å². The molecule has 0 aromatic carbocycles. The van der Waals surface area contributed by atoms with Crippen LogP contribution in [0.1, 0.15) is 39.5 Å². The summed E-state index contributed by atoms with van der Waals surface area (Å²) in [6.07, 6.45) is 4.50. The lowest BCUT2D eigenvalue weighted by molar-refractivity contribution is -0.135. The smallest absolute Gasteiger partial charge is 0.240 e. The van der Waals surface area contributed by atoms with Crippen molar-refractivity contribution in [2.75, 3.05) is 6.54 Å². The molecule has 0 radical (unpaired) electrons. The number of rotatable bonds is 1. The summed E-state index contributed by atoms with van der Waals surface area (Å²) in [7, 11) is 0. The minimum Gasteiger partial charge on any atom is -0.336 e. The third-order valence-corrected chi connectivity index (χ3v) is 3.56. The summed E-state index contributed by atoms with van der Waals surface area (Å²) in [5.74, 6) is 0.333. The first-order chi connectivity index (χ1) is 6.70. The monoisotopic (exact) mass is 232 g/mol. The van der Waals surface area contributed by atoms with Gasteiger partial charge in [0.1, 0.15) is 0 Å². The summed E-state index contributed by atoms with van der Waals surface area (Å²) in [4.78, 5) is 14.2. The maximum atomic E-state index is 12.1. The van der Waals surface area contributed by atoms with Gasteiger partial charge in [-0.2, -0.15) is 0 Å². The molecule has 3 nitrogen and oxygen atoms in total. The number of hydrogen-bond acceptors (Lipinski definition) is 2. The molecular formula is C11H21ClN2O. The van der Waals surface area contributed by atoms with E-state index >= 15 is 0 Å². The highest BCUT2D eigenvalue weighted by atomic mass is 35.5. The van der Waals surface area contributed by atoms with Gasteiger partial charge in [-0.3, -0.25) is 4.79 Å². The Hall–Kier alpha value is -0.280. The first kappa shape index (κ1) is 12.8. The highest BCUT2D eigenvalue weighted by Crippen LogP contribution is 2.25. The van der Waals surface area contributed by atoms with Crippen molar-refractivity contribution < 1.29 is 4.79 Å². The third kappa shape index (κ3) is 2.45. The number of carbonyl (C=O) groups excluding carboxylic acids is 1. The van der Waals surface area contributed by atoms with Crippen LogP contribution < -0.4 is 5.32 Å². The molecule has 2 aliphatic heterocycles. The van der Waals surface area contributed by atoms with Crippen molar-refractivity contribution in [3.05, 3.63) is 0 Å².